The number of hydrogen-bond donors (Lipinski definition) is 1. The summed E-state index contributed by atoms with van der Waals surface area (Å²) in [6.45, 7) is 7.34. The molecule has 2 rings (SSSR count). The van der Waals surface area contributed by atoms with E-state index in [-0.39, 0.29) is 0 Å². The minimum Gasteiger partial charge on any atom is -0.310 e. The molecule has 1 aliphatic carbocycles. The molecule has 94 valence electrons. The average Bonchev–Trinajstić information content (AvgIpc) is 3.09. The van der Waals surface area contributed by atoms with Crippen molar-refractivity contribution in [2.45, 2.75) is 65.5 Å². The minimum absolute atomic E-state index is 0.744. The lowest BCUT2D eigenvalue weighted by atomic mass is 10.1. The lowest BCUT2D eigenvalue weighted by Crippen LogP contribution is -2.18. The SMILES string of the molecule is CCCCc1nc(C)c(CNC2CC2)c(C)n1. The van der Waals surface area contributed by atoms with E-state index in [1.807, 2.05) is 0 Å². The van der Waals surface area contributed by atoms with Crippen LogP contribution in [0.1, 0.15) is 55.4 Å². The van der Waals surface area contributed by atoms with Crippen molar-refractivity contribution in [3.05, 3.63) is 22.8 Å². The van der Waals surface area contributed by atoms with Gasteiger partial charge in [0.2, 0.25) is 0 Å². The van der Waals surface area contributed by atoms with Crippen molar-refractivity contribution in [1.82, 2.24) is 15.3 Å². The predicted molar refractivity (Wildman–Crippen MR) is 70.0 cm³/mol. The summed E-state index contributed by atoms with van der Waals surface area (Å²) in [5.74, 6) is 1.01. The van der Waals surface area contributed by atoms with Crippen LogP contribution in [0.25, 0.3) is 0 Å². The van der Waals surface area contributed by atoms with E-state index in [0.29, 0.717) is 0 Å². The topological polar surface area (TPSA) is 37.8 Å². The van der Waals surface area contributed by atoms with Crippen LogP contribution in [0.5, 0.6) is 0 Å². The summed E-state index contributed by atoms with van der Waals surface area (Å²) in [7, 11) is 0. The van der Waals surface area contributed by atoms with Gasteiger partial charge in [0.25, 0.3) is 0 Å². The molecule has 1 aliphatic rings. The van der Waals surface area contributed by atoms with Crippen LogP contribution in [0, 0.1) is 13.8 Å². The molecular weight excluding hydrogens is 210 g/mol. The number of nitrogens with zero attached hydrogens (tertiary/aromatic N) is 2. The van der Waals surface area contributed by atoms with E-state index in [1.165, 1.54) is 31.2 Å². The highest BCUT2D eigenvalue weighted by Crippen LogP contribution is 2.20. The largest absolute Gasteiger partial charge is 0.310 e. The summed E-state index contributed by atoms with van der Waals surface area (Å²) < 4.78 is 0. The van der Waals surface area contributed by atoms with Gasteiger partial charge in [-0.05, 0) is 33.1 Å². The first kappa shape index (κ1) is 12.5. The molecule has 0 unspecified atom stereocenters. The third-order valence-corrected chi connectivity index (χ3v) is 3.37. The average molecular weight is 233 g/mol. The molecule has 0 atom stereocenters. The Bertz CT molecular complexity index is 360. The van der Waals surface area contributed by atoms with Gasteiger partial charge in [-0.3, -0.25) is 0 Å². The van der Waals surface area contributed by atoms with Gasteiger partial charge in [0, 0.05) is 36.0 Å². The molecule has 0 radical (unpaired) electrons. The number of aromatic nitrogens is 2. The maximum atomic E-state index is 4.62. The molecule has 0 aromatic carbocycles. The number of nitrogens with one attached hydrogen (secondary N) is 1. The van der Waals surface area contributed by atoms with Crippen molar-refractivity contribution in [3.8, 4) is 0 Å². The Balaban J connectivity index is 2.04. The van der Waals surface area contributed by atoms with E-state index in [9.17, 15) is 0 Å². The fourth-order valence-corrected chi connectivity index (χ4v) is 2.05. The summed E-state index contributed by atoms with van der Waals surface area (Å²) in [5.41, 5.74) is 3.59. The lowest BCUT2D eigenvalue weighted by molar-refractivity contribution is 0.667. The van der Waals surface area contributed by atoms with Crippen LogP contribution in [-0.4, -0.2) is 16.0 Å². The number of hydrogen-bond acceptors (Lipinski definition) is 3. The number of rotatable bonds is 6. The predicted octanol–water partition coefficient (Wildman–Crippen LogP) is 2.69. The Morgan fingerprint density at radius 2 is 1.82 bits per heavy atom. The Morgan fingerprint density at radius 1 is 1.18 bits per heavy atom. The van der Waals surface area contributed by atoms with Gasteiger partial charge in [0.05, 0.1) is 0 Å². The Hall–Kier alpha value is -0.960. The molecule has 1 saturated carbocycles. The molecule has 3 nitrogen and oxygen atoms in total. The zero-order valence-electron chi connectivity index (χ0n) is 11.2. The van der Waals surface area contributed by atoms with E-state index in [2.05, 4.69) is 36.1 Å². The Morgan fingerprint density at radius 3 is 2.35 bits per heavy atom. The summed E-state index contributed by atoms with van der Waals surface area (Å²) in [6.07, 6.45) is 6.04. The Labute approximate surface area is 104 Å². The molecule has 1 heterocycles. The summed E-state index contributed by atoms with van der Waals surface area (Å²) in [6, 6.07) is 0.744. The summed E-state index contributed by atoms with van der Waals surface area (Å²) in [5, 5.41) is 3.54. The summed E-state index contributed by atoms with van der Waals surface area (Å²) in [4.78, 5) is 9.24. The van der Waals surface area contributed by atoms with E-state index in [1.54, 1.807) is 0 Å². The molecule has 0 amide bonds. The van der Waals surface area contributed by atoms with Gasteiger partial charge in [-0.25, -0.2) is 9.97 Å². The van der Waals surface area contributed by atoms with Gasteiger partial charge in [0.15, 0.2) is 0 Å². The van der Waals surface area contributed by atoms with Crippen LogP contribution < -0.4 is 5.32 Å². The van der Waals surface area contributed by atoms with Crippen LogP contribution in [0.4, 0.5) is 0 Å². The second-order valence-electron chi connectivity index (χ2n) is 5.05. The quantitative estimate of drug-likeness (QED) is 0.821. The number of aryl methyl sites for hydroxylation is 3. The van der Waals surface area contributed by atoms with Gasteiger partial charge >= 0.3 is 0 Å². The summed E-state index contributed by atoms with van der Waals surface area (Å²) >= 11 is 0. The highest BCUT2D eigenvalue weighted by molar-refractivity contribution is 5.24. The second kappa shape index (κ2) is 5.58. The van der Waals surface area contributed by atoms with Gasteiger partial charge in [-0.1, -0.05) is 13.3 Å². The molecule has 17 heavy (non-hydrogen) atoms. The van der Waals surface area contributed by atoms with Crippen LogP contribution >= 0.6 is 0 Å². The lowest BCUT2D eigenvalue weighted by Gasteiger charge is -2.11. The van der Waals surface area contributed by atoms with Crippen LogP contribution in [-0.2, 0) is 13.0 Å². The van der Waals surface area contributed by atoms with Crippen LogP contribution in [0.15, 0.2) is 0 Å². The molecule has 3 heteroatoms. The second-order valence-corrected chi connectivity index (χ2v) is 5.05. The normalized spacial score (nSPS) is 15.2. The highest BCUT2D eigenvalue weighted by Gasteiger charge is 2.21. The molecule has 1 N–H and O–H groups in total. The third kappa shape index (κ3) is 3.50. The van der Waals surface area contributed by atoms with E-state index in [4.69, 9.17) is 0 Å². The van der Waals surface area contributed by atoms with Crippen molar-refractivity contribution in [3.63, 3.8) is 0 Å². The standard InChI is InChI=1S/C14H23N3/c1-4-5-6-14-16-10(2)13(11(3)17-14)9-15-12-7-8-12/h12,15H,4-9H2,1-3H3. The highest BCUT2D eigenvalue weighted by atomic mass is 15.0. The van der Waals surface area contributed by atoms with Crippen LogP contribution in [0.2, 0.25) is 0 Å². The maximum absolute atomic E-state index is 4.62. The fraction of sp³-hybridized carbons (Fsp3) is 0.714. The zero-order valence-corrected chi connectivity index (χ0v) is 11.2. The molecule has 0 aliphatic heterocycles. The first-order chi connectivity index (χ1) is 8.20. The zero-order chi connectivity index (χ0) is 12.3. The first-order valence-corrected chi connectivity index (χ1v) is 6.77. The fourth-order valence-electron chi connectivity index (χ4n) is 2.05. The monoisotopic (exact) mass is 233 g/mol. The van der Waals surface area contributed by atoms with Crippen molar-refractivity contribution in [2.24, 2.45) is 0 Å². The molecule has 0 bridgehead atoms. The van der Waals surface area contributed by atoms with E-state index < -0.39 is 0 Å². The van der Waals surface area contributed by atoms with Gasteiger partial charge < -0.3 is 5.32 Å². The van der Waals surface area contributed by atoms with Crippen LogP contribution in [0.3, 0.4) is 0 Å². The maximum Gasteiger partial charge on any atom is 0.128 e. The minimum atomic E-state index is 0.744. The molecule has 0 saturated heterocycles. The van der Waals surface area contributed by atoms with Crippen molar-refractivity contribution in [2.75, 3.05) is 0 Å². The van der Waals surface area contributed by atoms with Crippen molar-refractivity contribution >= 4 is 0 Å². The van der Waals surface area contributed by atoms with Gasteiger partial charge in [-0.2, -0.15) is 0 Å². The molecular formula is C14H23N3. The Kier molecular flexibility index (Phi) is 4.11. The molecule has 1 aromatic heterocycles. The number of unbranched alkanes of at least 4 members (excludes halogenated alkanes) is 1. The van der Waals surface area contributed by atoms with Gasteiger partial charge in [-0.15, -0.1) is 0 Å². The molecule has 1 aromatic rings. The smallest absolute Gasteiger partial charge is 0.128 e. The molecule has 1 fully saturated rings. The van der Waals surface area contributed by atoms with Gasteiger partial charge in [0.1, 0.15) is 5.82 Å². The molecule has 0 spiro atoms. The van der Waals surface area contributed by atoms with Crippen molar-refractivity contribution < 1.29 is 0 Å². The third-order valence-electron chi connectivity index (χ3n) is 3.37. The van der Waals surface area contributed by atoms with E-state index in [0.717, 1.165) is 36.2 Å². The first-order valence-electron chi connectivity index (χ1n) is 6.77. The van der Waals surface area contributed by atoms with Crippen molar-refractivity contribution in [1.29, 1.82) is 0 Å². The van der Waals surface area contributed by atoms with E-state index >= 15 is 0 Å².